The van der Waals surface area contributed by atoms with Crippen molar-refractivity contribution in [2.24, 2.45) is 10.8 Å². The third-order valence-electron chi connectivity index (χ3n) is 5.64. The number of benzene rings is 2. The highest BCUT2D eigenvalue weighted by molar-refractivity contribution is 7.09. The first kappa shape index (κ1) is 19.4. The highest BCUT2D eigenvalue weighted by Crippen LogP contribution is 2.34. The third-order valence-corrected chi connectivity index (χ3v) is 6.41. The first-order valence-electron chi connectivity index (χ1n) is 10.1. The molecule has 1 atom stereocenters. The van der Waals surface area contributed by atoms with Crippen molar-refractivity contribution in [1.82, 2.24) is 4.98 Å². The molecule has 156 valence electrons. The minimum absolute atomic E-state index is 0.180. The number of thiazole rings is 1. The van der Waals surface area contributed by atoms with E-state index >= 15 is 0 Å². The van der Waals surface area contributed by atoms with Crippen molar-refractivity contribution in [3.05, 3.63) is 64.5 Å². The number of anilines is 2. The zero-order valence-electron chi connectivity index (χ0n) is 17.0. The van der Waals surface area contributed by atoms with E-state index in [0.29, 0.717) is 12.3 Å². The minimum Gasteiger partial charge on any atom is -0.368 e. The van der Waals surface area contributed by atoms with Gasteiger partial charge in [-0.05, 0) is 43.2 Å². The van der Waals surface area contributed by atoms with Gasteiger partial charge in [0, 0.05) is 29.6 Å². The molecule has 0 spiro atoms. The van der Waals surface area contributed by atoms with Gasteiger partial charge in [-0.15, -0.1) is 11.3 Å². The van der Waals surface area contributed by atoms with Crippen molar-refractivity contribution in [2.75, 3.05) is 16.5 Å². The lowest BCUT2D eigenvalue weighted by molar-refractivity contribution is -0.119. The van der Waals surface area contributed by atoms with Gasteiger partial charge in [-0.3, -0.25) is 14.6 Å². The molecule has 31 heavy (non-hydrogen) atoms. The Morgan fingerprint density at radius 1 is 1.16 bits per heavy atom. The Hall–Kier alpha value is -3.52. The van der Waals surface area contributed by atoms with Crippen LogP contribution < -0.4 is 15.6 Å². The average molecular weight is 432 g/mol. The Kier molecular flexibility index (Phi) is 4.78. The lowest BCUT2D eigenvalue weighted by Gasteiger charge is -2.20. The molecule has 2 amide bonds. The standard InChI is InChI=1S/C23H21N5O2S/c1-14-25-19(13-31-14)15-7-8-20-16(11-15)9-10-27(20)23(30)18-12-21(22(24)29)28(26-18)17-5-3-2-4-6-17/h2-8,11,13,21H,9-10,12H2,1H3,(H2,24,29)/t21-/m0/s1. The predicted molar refractivity (Wildman–Crippen MR) is 122 cm³/mol. The maximum absolute atomic E-state index is 13.3. The van der Waals surface area contributed by atoms with Crippen LogP contribution in [-0.4, -0.2) is 35.1 Å². The van der Waals surface area contributed by atoms with E-state index in [1.165, 1.54) is 0 Å². The highest BCUT2D eigenvalue weighted by atomic mass is 32.1. The topological polar surface area (TPSA) is 91.9 Å². The molecule has 0 unspecified atom stereocenters. The molecule has 0 bridgehead atoms. The van der Waals surface area contributed by atoms with E-state index < -0.39 is 11.9 Å². The summed E-state index contributed by atoms with van der Waals surface area (Å²) in [5.41, 5.74) is 10.7. The second-order valence-electron chi connectivity index (χ2n) is 7.65. The van der Waals surface area contributed by atoms with Gasteiger partial charge in [-0.1, -0.05) is 24.3 Å². The van der Waals surface area contributed by atoms with Gasteiger partial charge < -0.3 is 10.6 Å². The summed E-state index contributed by atoms with van der Waals surface area (Å²) >= 11 is 1.62. The molecular weight excluding hydrogens is 410 g/mol. The Morgan fingerprint density at radius 3 is 2.68 bits per heavy atom. The molecular formula is C23H21N5O2S. The second kappa shape index (κ2) is 7.63. The summed E-state index contributed by atoms with van der Waals surface area (Å²) in [6.07, 6.45) is 0.970. The number of para-hydroxylation sites is 1. The molecule has 0 saturated heterocycles. The van der Waals surface area contributed by atoms with Crippen LogP contribution in [-0.2, 0) is 16.0 Å². The van der Waals surface area contributed by atoms with Crippen molar-refractivity contribution in [2.45, 2.75) is 25.8 Å². The number of aryl methyl sites for hydroxylation is 1. The quantitative estimate of drug-likeness (QED) is 0.687. The van der Waals surface area contributed by atoms with E-state index in [-0.39, 0.29) is 12.3 Å². The number of fused-ring (bicyclic) bond motifs is 1. The largest absolute Gasteiger partial charge is 0.368 e. The van der Waals surface area contributed by atoms with Gasteiger partial charge in [0.15, 0.2) is 0 Å². The van der Waals surface area contributed by atoms with Gasteiger partial charge in [-0.25, -0.2) is 4.98 Å². The Bertz CT molecular complexity index is 1200. The Labute approximate surface area is 183 Å². The summed E-state index contributed by atoms with van der Waals surface area (Å²) in [7, 11) is 0. The summed E-state index contributed by atoms with van der Waals surface area (Å²) in [6.45, 7) is 2.57. The number of nitrogens with two attached hydrogens (primary N) is 1. The van der Waals surface area contributed by atoms with Crippen LogP contribution in [0.15, 0.2) is 59.0 Å². The maximum Gasteiger partial charge on any atom is 0.274 e. The molecule has 2 aromatic carbocycles. The molecule has 0 radical (unpaired) electrons. The van der Waals surface area contributed by atoms with Gasteiger partial charge in [0.25, 0.3) is 5.91 Å². The van der Waals surface area contributed by atoms with Crippen LogP contribution in [0.1, 0.15) is 17.0 Å². The number of primary amides is 1. The molecule has 0 saturated carbocycles. The first-order valence-corrected chi connectivity index (χ1v) is 11.0. The summed E-state index contributed by atoms with van der Waals surface area (Å²) in [5, 5.41) is 9.12. The highest BCUT2D eigenvalue weighted by Gasteiger charge is 2.38. The zero-order chi connectivity index (χ0) is 21.5. The normalized spacial score (nSPS) is 17.6. The van der Waals surface area contributed by atoms with Crippen LogP contribution in [0, 0.1) is 6.92 Å². The van der Waals surface area contributed by atoms with Gasteiger partial charge in [0.1, 0.15) is 11.8 Å². The molecule has 5 rings (SSSR count). The zero-order valence-corrected chi connectivity index (χ0v) is 17.8. The minimum atomic E-state index is -0.668. The van der Waals surface area contributed by atoms with Crippen LogP contribution in [0.3, 0.4) is 0 Å². The number of amides is 2. The lowest BCUT2D eigenvalue weighted by atomic mass is 10.1. The second-order valence-corrected chi connectivity index (χ2v) is 8.71. The van der Waals surface area contributed by atoms with Crippen LogP contribution in [0.25, 0.3) is 11.3 Å². The lowest BCUT2D eigenvalue weighted by Crippen LogP contribution is -2.40. The molecule has 8 heteroatoms. The van der Waals surface area contributed by atoms with Crippen molar-refractivity contribution in [3.63, 3.8) is 0 Å². The predicted octanol–water partition coefficient (Wildman–Crippen LogP) is 3.13. The molecule has 2 aliphatic rings. The van der Waals surface area contributed by atoms with Crippen LogP contribution in [0.4, 0.5) is 11.4 Å². The average Bonchev–Trinajstić information content (AvgIpc) is 3.51. The van der Waals surface area contributed by atoms with Crippen molar-refractivity contribution >= 4 is 40.2 Å². The first-order chi connectivity index (χ1) is 15.0. The van der Waals surface area contributed by atoms with Gasteiger partial charge >= 0.3 is 0 Å². The fraction of sp³-hybridized carbons (Fsp3) is 0.217. The maximum atomic E-state index is 13.3. The number of aromatic nitrogens is 1. The van der Waals surface area contributed by atoms with E-state index in [1.807, 2.05) is 54.8 Å². The van der Waals surface area contributed by atoms with E-state index in [1.54, 1.807) is 21.2 Å². The van der Waals surface area contributed by atoms with Crippen LogP contribution in [0.5, 0.6) is 0 Å². The van der Waals surface area contributed by atoms with Crippen molar-refractivity contribution < 1.29 is 9.59 Å². The monoisotopic (exact) mass is 431 g/mol. The Morgan fingerprint density at radius 2 is 1.97 bits per heavy atom. The van der Waals surface area contributed by atoms with E-state index in [0.717, 1.165) is 39.6 Å². The Balaban J connectivity index is 1.42. The molecule has 2 aliphatic heterocycles. The summed E-state index contributed by atoms with van der Waals surface area (Å²) < 4.78 is 0. The molecule has 3 aromatic rings. The van der Waals surface area contributed by atoms with Gasteiger partial charge in [-0.2, -0.15) is 5.10 Å². The molecule has 7 nitrogen and oxygen atoms in total. The van der Waals surface area contributed by atoms with Crippen molar-refractivity contribution in [3.8, 4) is 11.3 Å². The number of carbonyl (C=O) groups excluding carboxylic acids is 2. The summed E-state index contributed by atoms with van der Waals surface area (Å²) in [6, 6.07) is 14.7. The van der Waals surface area contributed by atoms with Gasteiger partial charge in [0.2, 0.25) is 5.91 Å². The number of carbonyl (C=O) groups is 2. The third kappa shape index (κ3) is 3.48. The van der Waals surface area contributed by atoms with Crippen molar-refractivity contribution in [1.29, 1.82) is 0 Å². The SMILES string of the molecule is Cc1nc(-c2ccc3c(c2)CCN3C(=O)C2=NN(c3ccccc3)[C@H](C(N)=O)C2)cs1. The summed E-state index contributed by atoms with van der Waals surface area (Å²) in [5.74, 6) is -0.680. The number of hydrazone groups is 1. The van der Waals surface area contributed by atoms with Crippen LogP contribution >= 0.6 is 11.3 Å². The van der Waals surface area contributed by atoms with E-state index in [9.17, 15) is 9.59 Å². The van der Waals surface area contributed by atoms with Gasteiger partial charge in [0.05, 0.1) is 16.4 Å². The number of rotatable bonds is 4. The molecule has 1 aromatic heterocycles. The summed E-state index contributed by atoms with van der Waals surface area (Å²) in [4.78, 5) is 31.6. The van der Waals surface area contributed by atoms with E-state index in [4.69, 9.17) is 5.73 Å². The molecule has 0 fully saturated rings. The van der Waals surface area contributed by atoms with Crippen LogP contribution in [0.2, 0.25) is 0 Å². The molecule has 2 N–H and O–H groups in total. The molecule has 0 aliphatic carbocycles. The fourth-order valence-corrected chi connectivity index (χ4v) is 4.73. The smallest absolute Gasteiger partial charge is 0.274 e. The fourth-order valence-electron chi connectivity index (χ4n) is 4.10. The molecule has 3 heterocycles. The number of hydrogen-bond acceptors (Lipinski definition) is 6. The number of hydrogen-bond donors (Lipinski definition) is 1. The number of nitrogens with zero attached hydrogens (tertiary/aromatic N) is 4. The van der Waals surface area contributed by atoms with E-state index in [2.05, 4.69) is 16.2 Å².